The van der Waals surface area contributed by atoms with Crippen LogP contribution in [0.5, 0.6) is 0 Å². The summed E-state index contributed by atoms with van der Waals surface area (Å²) in [7, 11) is 0. The summed E-state index contributed by atoms with van der Waals surface area (Å²) in [5.74, 6) is -0.438. The molecule has 1 aromatic heterocycles. The monoisotopic (exact) mass is 232 g/mol. The van der Waals surface area contributed by atoms with Crippen molar-refractivity contribution in [1.82, 2.24) is 4.98 Å². The van der Waals surface area contributed by atoms with Crippen LogP contribution in [0.15, 0.2) is 18.2 Å². The number of carboxylic acids is 1. The summed E-state index contributed by atoms with van der Waals surface area (Å²) in [5, 5.41) is 12.4. The number of nitrogens with zero attached hydrogens (tertiary/aromatic N) is 1. The number of rotatable bonds is 3. The Labute approximate surface area is 100 Å². The summed E-state index contributed by atoms with van der Waals surface area (Å²) in [5.41, 5.74) is 1.86. The van der Waals surface area contributed by atoms with Crippen LogP contribution in [-0.2, 0) is 0 Å². The second-order valence-corrected chi connectivity index (χ2v) is 4.39. The molecule has 0 spiro atoms. The van der Waals surface area contributed by atoms with E-state index in [0.717, 1.165) is 24.1 Å². The van der Waals surface area contributed by atoms with Crippen molar-refractivity contribution in [3.63, 3.8) is 0 Å². The van der Waals surface area contributed by atoms with Crippen molar-refractivity contribution >= 4 is 11.8 Å². The Balaban J connectivity index is 2.33. The number of aryl methyl sites for hydroxylation is 2. The van der Waals surface area contributed by atoms with Gasteiger partial charge in [-0.15, -0.1) is 0 Å². The zero-order chi connectivity index (χ0) is 12.4. The third kappa shape index (κ3) is 2.46. The Kier molecular flexibility index (Phi) is 3.13. The first-order valence-corrected chi connectivity index (χ1v) is 5.71. The minimum Gasteiger partial charge on any atom is -0.478 e. The quantitative estimate of drug-likeness (QED) is 0.786. The summed E-state index contributed by atoms with van der Waals surface area (Å²) >= 11 is 0. The van der Waals surface area contributed by atoms with Gasteiger partial charge in [0.05, 0.1) is 0 Å². The van der Waals surface area contributed by atoms with Crippen LogP contribution >= 0.6 is 0 Å². The summed E-state index contributed by atoms with van der Waals surface area (Å²) in [6, 6.07) is 2.06. The Morgan fingerprint density at radius 1 is 1.41 bits per heavy atom. The molecule has 4 nitrogen and oxygen atoms in total. The van der Waals surface area contributed by atoms with Crippen molar-refractivity contribution in [1.29, 1.82) is 0 Å². The molecule has 1 aliphatic rings. The number of anilines is 1. The predicted molar refractivity (Wildman–Crippen MR) is 66.5 cm³/mol. The van der Waals surface area contributed by atoms with Crippen LogP contribution in [0.25, 0.3) is 0 Å². The van der Waals surface area contributed by atoms with E-state index >= 15 is 0 Å². The molecule has 0 radical (unpaired) electrons. The average Bonchev–Trinajstić information content (AvgIpc) is 2.68. The van der Waals surface area contributed by atoms with Crippen LogP contribution in [-0.4, -0.2) is 22.1 Å². The van der Waals surface area contributed by atoms with Gasteiger partial charge in [0.25, 0.3) is 0 Å². The number of aromatic carboxylic acids is 1. The van der Waals surface area contributed by atoms with E-state index in [-0.39, 0.29) is 11.6 Å². The highest BCUT2D eigenvalue weighted by molar-refractivity contribution is 5.94. The van der Waals surface area contributed by atoms with E-state index in [1.54, 1.807) is 13.0 Å². The van der Waals surface area contributed by atoms with E-state index < -0.39 is 5.97 Å². The minimum atomic E-state index is -0.927. The minimum absolute atomic E-state index is 0.266. The smallest absolute Gasteiger partial charge is 0.339 e. The molecule has 0 atom stereocenters. The van der Waals surface area contributed by atoms with Gasteiger partial charge in [-0.25, -0.2) is 9.78 Å². The fourth-order valence-corrected chi connectivity index (χ4v) is 2.14. The largest absolute Gasteiger partial charge is 0.478 e. The van der Waals surface area contributed by atoms with Crippen LogP contribution in [0.4, 0.5) is 5.82 Å². The number of carboxylic acid groups (broad SMARTS) is 1. The van der Waals surface area contributed by atoms with Crippen molar-refractivity contribution in [2.24, 2.45) is 0 Å². The van der Waals surface area contributed by atoms with Crippen LogP contribution in [0.2, 0.25) is 0 Å². The molecule has 2 rings (SSSR count). The van der Waals surface area contributed by atoms with Gasteiger partial charge in [0, 0.05) is 11.7 Å². The molecule has 0 saturated carbocycles. The molecule has 2 N–H and O–H groups in total. The lowest BCUT2D eigenvalue weighted by molar-refractivity contribution is 0.0697. The molecule has 0 unspecified atom stereocenters. The van der Waals surface area contributed by atoms with Gasteiger partial charge in [0.2, 0.25) is 0 Å². The number of hydrogen-bond donors (Lipinski definition) is 2. The van der Waals surface area contributed by atoms with E-state index in [2.05, 4.69) is 22.5 Å². The fourth-order valence-electron chi connectivity index (χ4n) is 2.14. The lowest BCUT2D eigenvalue weighted by Crippen LogP contribution is -2.19. The van der Waals surface area contributed by atoms with E-state index in [1.165, 1.54) is 0 Å². The number of nitrogens with one attached hydrogen (secondary N) is 1. The van der Waals surface area contributed by atoms with Crippen LogP contribution < -0.4 is 5.32 Å². The number of hydrogen-bond acceptors (Lipinski definition) is 3. The van der Waals surface area contributed by atoms with Crippen LogP contribution in [0, 0.1) is 13.8 Å². The molecule has 1 aromatic rings. The zero-order valence-electron chi connectivity index (χ0n) is 10.0. The van der Waals surface area contributed by atoms with E-state index in [1.807, 2.05) is 6.92 Å². The molecule has 0 bridgehead atoms. The first kappa shape index (κ1) is 11.6. The fraction of sp³-hybridized carbons (Fsp3) is 0.385. The first-order valence-electron chi connectivity index (χ1n) is 5.71. The third-order valence-corrected chi connectivity index (χ3v) is 2.91. The zero-order valence-corrected chi connectivity index (χ0v) is 10.0. The normalized spacial score (nSPS) is 15.2. The van der Waals surface area contributed by atoms with Gasteiger partial charge in [-0.05, 0) is 38.3 Å². The molecule has 1 heterocycles. The average molecular weight is 232 g/mol. The maximum atomic E-state index is 11.2. The lowest BCUT2D eigenvalue weighted by atomic mass is 10.1. The Morgan fingerprint density at radius 3 is 2.65 bits per heavy atom. The molecule has 0 aliphatic heterocycles. The SMILES string of the molecule is Cc1cc(C)c(C(=O)O)c(NC2CC=CC2)n1. The molecular formula is C13H16N2O2. The molecule has 1 aliphatic carbocycles. The van der Waals surface area contributed by atoms with E-state index in [9.17, 15) is 9.90 Å². The Bertz CT molecular complexity index is 473. The predicted octanol–water partition coefficient (Wildman–Crippen LogP) is 2.53. The number of carbonyl (C=O) groups is 1. The highest BCUT2D eigenvalue weighted by Crippen LogP contribution is 2.22. The maximum Gasteiger partial charge on any atom is 0.339 e. The van der Waals surface area contributed by atoms with E-state index in [4.69, 9.17) is 0 Å². The number of pyridine rings is 1. The summed E-state index contributed by atoms with van der Waals surface area (Å²) in [4.78, 5) is 15.5. The molecule has 90 valence electrons. The third-order valence-electron chi connectivity index (χ3n) is 2.91. The number of aromatic nitrogens is 1. The van der Waals surface area contributed by atoms with Crippen molar-refractivity contribution in [3.05, 3.63) is 35.0 Å². The van der Waals surface area contributed by atoms with Crippen LogP contribution in [0.3, 0.4) is 0 Å². The maximum absolute atomic E-state index is 11.2. The summed E-state index contributed by atoms with van der Waals surface area (Å²) in [6.45, 7) is 3.67. The van der Waals surface area contributed by atoms with Crippen molar-refractivity contribution in [2.45, 2.75) is 32.7 Å². The van der Waals surface area contributed by atoms with Gasteiger partial charge >= 0.3 is 5.97 Å². The van der Waals surface area contributed by atoms with Gasteiger partial charge in [-0.3, -0.25) is 0 Å². The lowest BCUT2D eigenvalue weighted by Gasteiger charge is -2.16. The van der Waals surface area contributed by atoms with Crippen molar-refractivity contribution in [2.75, 3.05) is 5.32 Å². The van der Waals surface area contributed by atoms with Gasteiger partial charge in [0.1, 0.15) is 11.4 Å². The van der Waals surface area contributed by atoms with Crippen LogP contribution in [0.1, 0.15) is 34.5 Å². The van der Waals surface area contributed by atoms with Gasteiger partial charge in [0.15, 0.2) is 0 Å². The highest BCUT2D eigenvalue weighted by Gasteiger charge is 2.19. The Hall–Kier alpha value is -1.84. The molecule has 17 heavy (non-hydrogen) atoms. The van der Waals surface area contributed by atoms with E-state index in [0.29, 0.717) is 5.82 Å². The van der Waals surface area contributed by atoms with Crippen molar-refractivity contribution < 1.29 is 9.90 Å². The molecule has 0 aromatic carbocycles. The molecule has 0 saturated heterocycles. The highest BCUT2D eigenvalue weighted by atomic mass is 16.4. The second-order valence-electron chi connectivity index (χ2n) is 4.39. The Morgan fingerprint density at radius 2 is 2.06 bits per heavy atom. The van der Waals surface area contributed by atoms with Gasteiger partial charge < -0.3 is 10.4 Å². The molecule has 0 amide bonds. The topological polar surface area (TPSA) is 62.2 Å². The molecule has 4 heteroatoms. The first-order chi connectivity index (χ1) is 8.08. The summed E-state index contributed by atoms with van der Waals surface area (Å²) < 4.78 is 0. The van der Waals surface area contributed by atoms with Crippen molar-refractivity contribution in [3.8, 4) is 0 Å². The van der Waals surface area contributed by atoms with Gasteiger partial charge in [-0.2, -0.15) is 0 Å². The van der Waals surface area contributed by atoms with Gasteiger partial charge in [-0.1, -0.05) is 12.2 Å². The second kappa shape index (κ2) is 4.57. The summed E-state index contributed by atoms with van der Waals surface area (Å²) in [6.07, 6.45) is 6.04. The standard InChI is InChI=1S/C13H16N2O2/c1-8-7-9(2)14-12(11(8)13(16)17)15-10-5-3-4-6-10/h3-4,7,10H,5-6H2,1-2H3,(H,14,15)(H,16,17). The molecular weight excluding hydrogens is 216 g/mol. The molecule has 0 fully saturated rings.